The minimum atomic E-state index is -0.746. The van der Waals surface area contributed by atoms with E-state index in [0.29, 0.717) is 5.56 Å². The van der Waals surface area contributed by atoms with Gasteiger partial charge in [-0.3, -0.25) is 0 Å². The molecule has 20 heavy (non-hydrogen) atoms. The minimum absolute atomic E-state index is 0.0806. The summed E-state index contributed by atoms with van der Waals surface area (Å²) in [6.45, 7) is 3.65. The summed E-state index contributed by atoms with van der Waals surface area (Å²) in [6, 6.07) is 6.08. The number of hydrogen-bond acceptors (Lipinski definition) is 2. The lowest BCUT2D eigenvalue weighted by atomic mass is 9.85. The first-order valence-corrected chi connectivity index (χ1v) is 7.35. The van der Waals surface area contributed by atoms with Crippen LogP contribution in [0, 0.1) is 17.2 Å². The molecule has 0 bridgehead atoms. The Morgan fingerprint density at radius 1 is 1.45 bits per heavy atom. The first kappa shape index (κ1) is 13.4. The molecule has 1 unspecified atom stereocenters. The average molecular weight is 331 g/mol. The lowest BCUT2D eigenvalue weighted by Gasteiger charge is -2.26. The Hall–Kier alpha value is -1.57. The number of H-pyrrole nitrogens is 1. The largest absolute Gasteiger partial charge is 0.390 e. The molecule has 0 fully saturated rings. The number of nitriles is 1. The fraction of sp³-hybridized carbons (Fsp3) is 0.312. The van der Waals surface area contributed by atoms with E-state index in [1.54, 1.807) is 0 Å². The molecule has 0 saturated carbocycles. The van der Waals surface area contributed by atoms with Gasteiger partial charge >= 0.3 is 0 Å². The van der Waals surface area contributed by atoms with Gasteiger partial charge in [0, 0.05) is 31.9 Å². The van der Waals surface area contributed by atoms with Crippen molar-refractivity contribution in [2.75, 3.05) is 0 Å². The Kier molecular flexibility index (Phi) is 3.00. The second-order valence-corrected chi connectivity index (χ2v) is 6.72. The summed E-state index contributed by atoms with van der Waals surface area (Å²) < 4.78 is 0.888. The van der Waals surface area contributed by atoms with E-state index in [9.17, 15) is 10.4 Å². The van der Waals surface area contributed by atoms with Crippen molar-refractivity contribution in [3.63, 3.8) is 0 Å². The summed E-state index contributed by atoms with van der Waals surface area (Å²) in [5.74, 6) is 0.0806. The van der Waals surface area contributed by atoms with Crippen molar-refractivity contribution < 1.29 is 5.11 Å². The number of benzene rings is 1. The zero-order chi connectivity index (χ0) is 14.5. The van der Waals surface area contributed by atoms with Crippen LogP contribution in [0.5, 0.6) is 0 Å². The van der Waals surface area contributed by atoms with E-state index in [4.69, 9.17) is 0 Å². The predicted octanol–water partition coefficient (Wildman–Crippen LogP) is 2.15. The number of fused-ring (bicyclic) bond motifs is 3. The monoisotopic (exact) mass is 330 g/mol. The molecular weight excluding hydrogens is 316 g/mol. The molecule has 1 aliphatic rings. The van der Waals surface area contributed by atoms with Crippen LogP contribution in [0.4, 0.5) is 0 Å². The maximum Gasteiger partial charge on any atom is 0.0999 e. The highest BCUT2D eigenvalue weighted by molar-refractivity contribution is 9.10. The van der Waals surface area contributed by atoms with Crippen LogP contribution >= 0.6 is 15.9 Å². The van der Waals surface area contributed by atoms with Gasteiger partial charge in [-0.2, -0.15) is 5.26 Å². The highest BCUT2D eigenvalue weighted by Crippen LogP contribution is 2.25. The fourth-order valence-corrected chi connectivity index (χ4v) is 3.24. The number of aromatic amines is 1. The van der Waals surface area contributed by atoms with Crippen molar-refractivity contribution in [2.45, 2.75) is 25.9 Å². The van der Waals surface area contributed by atoms with Gasteiger partial charge in [-0.15, -0.1) is 0 Å². The maximum atomic E-state index is 10.2. The van der Waals surface area contributed by atoms with E-state index in [1.807, 2.05) is 26.0 Å². The lowest BCUT2D eigenvalue weighted by Crippen LogP contribution is -2.36. The number of aliphatic hydroxyl groups is 1. The van der Waals surface area contributed by atoms with Crippen molar-refractivity contribution in [3.05, 3.63) is 32.7 Å². The molecule has 3 nitrogen and oxygen atoms in total. The zero-order valence-electron chi connectivity index (χ0n) is 11.4. The second-order valence-electron chi connectivity index (χ2n) is 5.81. The van der Waals surface area contributed by atoms with E-state index in [0.717, 1.165) is 32.4 Å². The minimum Gasteiger partial charge on any atom is -0.390 e. The molecule has 0 saturated heterocycles. The van der Waals surface area contributed by atoms with Gasteiger partial charge in [0.1, 0.15) is 0 Å². The summed E-state index contributed by atoms with van der Waals surface area (Å²) in [7, 11) is 0. The second kappa shape index (κ2) is 4.47. The summed E-state index contributed by atoms with van der Waals surface area (Å²) in [5, 5.41) is 22.5. The summed E-state index contributed by atoms with van der Waals surface area (Å²) in [5.41, 5.74) is 0.868. The normalized spacial score (nSPS) is 18.1. The predicted molar refractivity (Wildman–Crippen MR) is 83.3 cm³/mol. The molecule has 4 heteroatoms. The van der Waals surface area contributed by atoms with E-state index in [-0.39, 0.29) is 5.92 Å². The molecule has 0 radical (unpaired) electrons. The maximum absolute atomic E-state index is 10.2. The molecule has 1 aromatic carbocycles. The number of hydrogen-bond donors (Lipinski definition) is 2. The molecule has 1 atom stereocenters. The SMILES string of the molecule is CC(C)(O)C1C=c2[nH]c3cc(Br)cc(C#N)c3c2=CC1. The Morgan fingerprint density at radius 3 is 2.85 bits per heavy atom. The summed E-state index contributed by atoms with van der Waals surface area (Å²) in [4.78, 5) is 3.35. The molecular formula is C16H15BrN2O. The van der Waals surface area contributed by atoms with E-state index in [2.05, 4.69) is 39.1 Å². The highest BCUT2D eigenvalue weighted by Gasteiger charge is 2.25. The molecule has 3 rings (SSSR count). The van der Waals surface area contributed by atoms with Gasteiger partial charge < -0.3 is 10.1 Å². The van der Waals surface area contributed by atoms with Crippen LogP contribution in [-0.4, -0.2) is 15.7 Å². The summed E-state index contributed by atoms with van der Waals surface area (Å²) in [6.07, 6.45) is 4.97. The Morgan fingerprint density at radius 2 is 2.20 bits per heavy atom. The lowest BCUT2D eigenvalue weighted by molar-refractivity contribution is 0.0449. The number of aromatic nitrogens is 1. The quantitative estimate of drug-likeness (QED) is 0.841. The van der Waals surface area contributed by atoms with Crippen LogP contribution in [0.3, 0.4) is 0 Å². The van der Waals surface area contributed by atoms with E-state index < -0.39 is 5.60 Å². The van der Waals surface area contributed by atoms with E-state index >= 15 is 0 Å². The van der Waals surface area contributed by atoms with Crippen molar-refractivity contribution in [1.82, 2.24) is 4.98 Å². The van der Waals surface area contributed by atoms with Crippen LogP contribution in [0.2, 0.25) is 0 Å². The van der Waals surface area contributed by atoms with Crippen LogP contribution in [0.25, 0.3) is 23.1 Å². The van der Waals surface area contributed by atoms with Crippen LogP contribution < -0.4 is 10.6 Å². The van der Waals surface area contributed by atoms with Gasteiger partial charge in [-0.25, -0.2) is 0 Å². The Labute approximate surface area is 125 Å². The fourth-order valence-electron chi connectivity index (χ4n) is 2.78. The smallest absolute Gasteiger partial charge is 0.0999 e. The van der Waals surface area contributed by atoms with E-state index in [1.165, 1.54) is 0 Å². The zero-order valence-corrected chi connectivity index (χ0v) is 13.0. The number of rotatable bonds is 1. The Balaban J connectivity index is 2.35. The van der Waals surface area contributed by atoms with Crippen LogP contribution in [0.15, 0.2) is 16.6 Å². The molecule has 2 aromatic rings. The van der Waals surface area contributed by atoms with Crippen molar-refractivity contribution >= 4 is 39.0 Å². The van der Waals surface area contributed by atoms with Gasteiger partial charge in [-0.05, 0) is 32.4 Å². The van der Waals surface area contributed by atoms with Crippen molar-refractivity contribution in [2.24, 2.45) is 5.92 Å². The third kappa shape index (κ3) is 2.07. The third-order valence-electron chi connectivity index (χ3n) is 3.90. The van der Waals surface area contributed by atoms with Gasteiger partial charge in [0.25, 0.3) is 0 Å². The van der Waals surface area contributed by atoms with Crippen molar-refractivity contribution in [3.8, 4) is 6.07 Å². The first-order chi connectivity index (χ1) is 9.40. The highest BCUT2D eigenvalue weighted by atomic mass is 79.9. The summed E-state index contributed by atoms with van der Waals surface area (Å²) >= 11 is 3.43. The molecule has 0 amide bonds. The number of nitrogens with one attached hydrogen (secondary N) is 1. The van der Waals surface area contributed by atoms with Gasteiger partial charge in [0.05, 0.1) is 17.2 Å². The molecule has 102 valence electrons. The van der Waals surface area contributed by atoms with Crippen molar-refractivity contribution in [1.29, 1.82) is 5.26 Å². The Bertz CT molecular complexity index is 850. The molecule has 0 aliphatic heterocycles. The number of halogens is 1. The van der Waals surface area contributed by atoms with Gasteiger partial charge in [0.2, 0.25) is 0 Å². The van der Waals surface area contributed by atoms with Crippen LogP contribution in [-0.2, 0) is 0 Å². The third-order valence-corrected chi connectivity index (χ3v) is 4.36. The van der Waals surface area contributed by atoms with Crippen LogP contribution in [0.1, 0.15) is 25.8 Å². The average Bonchev–Trinajstić information content (AvgIpc) is 2.73. The molecule has 0 spiro atoms. The first-order valence-electron chi connectivity index (χ1n) is 6.56. The number of nitrogens with zero attached hydrogens (tertiary/aromatic N) is 1. The topological polar surface area (TPSA) is 59.8 Å². The van der Waals surface area contributed by atoms with Gasteiger partial charge in [0.15, 0.2) is 0 Å². The standard InChI is InChI=1S/C16H15BrN2O/c1-16(2,20)10-3-4-12-13(6-10)19-14-7-11(17)5-9(8-18)15(12)14/h4-7,10,19-20H,3H2,1-2H3. The molecule has 1 aliphatic carbocycles. The molecule has 2 N–H and O–H groups in total. The molecule has 1 heterocycles. The van der Waals surface area contributed by atoms with Gasteiger partial charge in [-0.1, -0.05) is 28.1 Å². The molecule has 1 aromatic heterocycles.